The number of amides is 1. The van der Waals surface area contributed by atoms with Crippen LogP contribution >= 0.6 is 0 Å². The molecule has 4 rings (SSSR count). The van der Waals surface area contributed by atoms with Crippen LogP contribution in [0.4, 0.5) is 8.78 Å². The van der Waals surface area contributed by atoms with Crippen molar-refractivity contribution in [2.75, 3.05) is 6.61 Å². The molecule has 1 aromatic heterocycles. The zero-order chi connectivity index (χ0) is 18.7. The van der Waals surface area contributed by atoms with E-state index in [0.29, 0.717) is 16.9 Å². The molecular weight excluding hydrogens is 342 g/mol. The van der Waals surface area contributed by atoms with Crippen molar-refractivity contribution < 1.29 is 23.1 Å². The first-order chi connectivity index (χ1) is 12.2. The van der Waals surface area contributed by atoms with Gasteiger partial charge in [0.05, 0.1) is 0 Å². The molecule has 0 spiro atoms. The third-order valence-corrected chi connectivity index (χ3v) is 5.06. The maximum atomic E-state index is 14.3. The Kier molecular flexibility index (Phi) is 3.41. The Labute approximate surface area is 148 Å². The standard InChI is InChI=1S/C19H16F2N2O3/c1-18(17(22)25)9-26-15-12(18)8-13(16(24)19(21)6-7-19)23-14(15)10-2-4-11(20)5-3-10/h2-5,8H,6-7,9H2,1H3,(H2,22,25)/t18-/m0/s1. The number of halogens is 2. The number of ether oxygens (including phenoxy) is 1. The maximum Gasteiger partial charge on any atom is 0.231 e. The fourth-order valence-electron chi connectivity index (χ4n) is 3.07. The van der Waals surface area contributed by atoms with E-state index < -0.39 is 28.6 Å². The third-order valence-electron chi connectivity index (χ3n) is 5.06. The van der Waals surface area contributed by atoms with E-state index in [9.17, 15) is 18.4 Å². The molecule has 1 amide bonds. The molecule has 1 fully saturated rings. The number of nitrogens with two attached hydrogens (primary N) is 1. The summed E-state index contributed by atoms with van der Waals surface area (Å²) >= 11 is 0. The van der Waals surface area contributed by atoms with Gasteiger partial charge in [0.15, 0.2) is 5.67 Å². The molecule has 2 aliphatic rings. The van der Waals surface area contributed by atoms with Crippen LogP contribution in [0.5, 0.6) is 5.75 Å². The number of carbonyl (C=O) groups excluding carboxylic acids is 2. The van der Waals surface area contributed by atoms with E-state index in [4.69, 9.17) is 10.5 Å². The van der Waals surface area contributed by atoms with Crippen LogP contribution in [-0.4, -0.2) is 29.0 Å². The number of rotatable bonds is 4. The minimum absolute atomic E-state index is 0.00798. The molecule has 1 saturated carbocycles. The first-order valence-corrected chi connectivity index (χ1v) is 8.22. The topological polar surface area (TPSA) is 82.3 Å². The summed E-state index contributed by atoms with van der Waals surface area (Å²) in [4.78, 5) is 28.8. The molecular formula is C19H16F2N2O3. The lowest BCUT2D eigenvalue weighted by Gasteiger charge is -2.19. The Morgan fingerprint density at radius 1 is 1.23 bits per heavy atom. The normalized spacial score (nSPS) is 22.4. The van der Waals surface area contributed by atoms with Crippen molar-refractivity contribution in [3.8, 4) is 17.0 Å². The lowest BCUT2D eigenvalue weighted by molar-refractivity contribution is -0.123. The van der Waals surface area contributed by atoms with Crippen LogP contribution in [0.3, 0.4) is 0 Å². The first kappa shape index (κ1) is 16.6. The van der Waals surface area contributed by atoms with Gasteiger partial charge in [-0.05, 0) is 50.1 Å². The van der Waals surface area contributed by atoms with Gasteiger partial charge in [0, 0.05) is 11.1 Å². The highest BCUT2D eigenvalue weighted by atomic mass is 19.1. The van der Waals surface area contributed by atoms with E-state index in [1.165, 1.54) is 30.3 Å². The second kappa shape index (κ2) is 5.33. The minimum Gasteiger partial charge on any atom is -0.489 e. The highest BCUT2D eigenvalue weighted by Crippen LogP contribution is 2.47. The molecule has 26 heavy (non-hydrogen) atoms. The Balaban J connectivity index is 1.93. The van der Waals surface area contributed by atoms with Crippen molar-refractivity contribution in [2.45, 2.75) is 30.8 Å². The largest absolute Gasteiger partial charge is 0.489 e. The monoisotopic (exact) mass is 358 g/mol. The van der Waals surface area contributed by atoms with Gasteiger partial charge in [0.2, 0.25) is 11.7 Å². The minimum atomic E-state index is -1.90. The highest BCUT2D eigenvalue weighted by Gasteiger charge is 2.52. The van der Waals surface area contributed by atoms with E-state index in [0.717, 1.165) is 0 Å². The second-order valence-electron chi connectivity index (χ2n) is 7.02. The van der Waals surface area contributed by atoms with Crippen LogP contribution in [0, 0.1) is 5.82 Å². The number of benzene rings is 1. The molecule has 0 unspecified atom stereocenters. The number of carbonyl (C=O) groups is 2. The van der Waals surface area contributed by atoms with E-state index >= 15 is 0 Å². The maximum absolute atomic E-state index is 14.3. The number of ketones is 1. The number of aromatic nitrogens is 1. The van der Waals surface area contributed by atoms with Gasteiger partial charge < -0.3 is 10.5 Å². The lowest BCUT2D eigenvalue weighted by Crippen LogP contribution is -2.40. The van der Waals surface area contributed by atoms with Gasteiger partial charge in [-0.2, -0.15) is 0 Å². The number of primary amides is 1. The molecule has 0 saturated heterocycles. The predicted octanol–water partition coefficient (Wildman–Crippen LogP) is 2.71. The Morgan fingerprint density at radius 3 is 2.46 bits per heavy atom. The average molecular weight is 358 g/mol. The third kappa shape index (κ3) is 2.38. The SMILES string of the molecule is C[C@]1(C(N)=O)COc2c1cc(C(=O)C1(F)CC1)nc2-c1ccc(F)cc1. The molecule has 2 N–H and O–H groups in total. The fraction of sp³-hybridized carbons (Fsp3) is 0.316. The zero-order valence-corrected chi connectivity index (χ0v) is 14.0. The van der Waals surface area contributed by atoms with Gasteiger partial charge in [-0.15, -0.1) is 0 Å². The summed E-state index contributed by atoms with van der Waals surface area (Å²) in [5, 5.41) is 0. The number of pyridine rings is 1. The predicted molar refractivity (Wildman–Crippen MR) is 89.1 cm³/mol. The molecule has 2 heterocycles. The molecule has 5 nitrogen and oxygen atoms in total. The Bertz CT molecular complexity index is 939. The second-order valence-corrected chi connectivity index (χ2v) is 7.02. The van der Waals surface area contributed by atoms with Crippen LogP contribution in [0.25, 0.3) is 11.3 Å². The molecule has 7 heteroatoms. The number of hydrogen-bond donors (Lipinski definition) is 1. The summed E-state index contributed by atoms with van der Waals surface area (Å²) in [7, 11) is 0. The Hall–Kier alpha value is -2.83. The van der Waals surface area contributed by atoms with E-state index in [-0.39, 0.29) is 30.8 Å². The van der Waals surface area contributed by atoms with Gasteiger partial charge in [0.1, 0.15) is 35.0 Å². The molecule has 2 aromatic rings. The van der Waals surface area contributed by atoms with Gasteiger partial charge in [0.25, 0.3) is 0 Å². The van der Waals surface area contributed by atoms with Gasteiger partial charge in [-0.25, -0.2) is 13.8 Å². The highest BCUT2D eigenvalue weighted by molar-refractivity contribution is 6.04. The molecule has 0 radical (unpaired) electrons. The molecule has 0 bridgehead atoms. The summed E-state index contributed by atoms with van der Waals surface area (Å²) in [5.74, 6) is -1.46. The van der Waals surface area contributed by atoms with Crippen LogP contribution in [0.2, 0.25) is 0 Å². The number of hydrogen-bond acceptors (Lipinski definition) is 4. The number of fused-ring (bicyclic) bond motifs is 1. The van der Waals surface area contributed by atoms with Crippen molar-refractivity contribution >= 4 is 11.7 Å². The fourth-order valence-corrected chi connectivity index (χ4v) is 3.07. The van der Waals surface area contributed by atoms with Crippen molar-refractivity contribution in [3.63, 3.8) is 0 Å². The molecule has 1 aliphatic heterocycles. The molecule has 1 atom stereocenters. The van der Waals surface area contributed by atoms with Crippen molar-refractivity contribution in [3.05, 3.63) is 47.4 Å². The summed E-state index contributed by atoms with van der Waals surface area (Å²) in [5.41, 5.74) is 3.55. The quantitative estimate of drug-likeness (QED) is 0.852. The summed E-state index contributed by atoms with van der Waals surface area (Å²) < 4.78 is 33.2. The summed E-state index contributed by atoms with van der Waals surface area (Å²) in [6.45, 7) is 1.60. The van der Waals surface area contributed by atoms with Crippen molar-refractivity contribution in [1.29, 1.82) is 0 Å². The smallest absolute Gasteiger partial charge is 0.231 e. The van der Waals surface area contributed by atoms with Gasteiger partial charge >= 0.3 is 0 Å². The molecule has 1 aliphatic carbocycles. The van der Waals surface area contributed by atoms with E-state index in [2.05, 4.69) is 4.98 Å². The van der Waals surface area contributed by atoms with E-state index in [1.807, 2.05) is 0 Å². The zero-order valence-electron chi connectivity index (χ0n) is 14.0. The molecule has 134 valence electrons. The number of Topliss-reactive ketones (excluding diaryl/α,β-unsaturated/α-hetero) is 1. The van der Waals surface area contributed by atoms with E-state index in [1.54, 1.807) is 6.92 Å². The Morgan fingerprint density at radius 2 is 1.88 bits per heavy atom. The summed E-state index contributed by atoms with van der Waals surface area (Å²) in [6.07, 6.45) is 0.306. The van der Waals surface area contributed by atoms with Gasteiger partial charge in [-0.1, -0.05) is 0 Å². The average Bonchev–Trinajstić information content (AvgIpc) is 3.28. The lowest BCUT2D eigenvalue weighted by atomic mass is 9.83. The first-order valence-electron chi connectivity index (χ1n) is 8.22. The van der Waals surface area contributed by atoms with Crippen LogP contribution in [0.15, 0.2) is 30.3 Å². The van der Waals surface area contributed by atoms with Crippen molar-refractivity contribution in [2.24, 2.45) is 5.73 Å². The van der Waals surface area contributed by atoms with Gasteiger partial charge in [-0.3, -0.25) is 9.59 Å². The number of nitrogens with zero attached hydrogens (tertiary/aromatic N) is 1. The van der Waals surface area contributed by atoms with Crippen LogP contribution < -0.4 is 10.5 Å². The van der Waals surface area contributed by atoms with Crippen LogP contribution in [0.1, 0.15) is 35.8 Å². The number of alkyl halides is 1. The molecule has 1 aromatic carbocycles. The summed E-state index contributed by atoms with van der Waals surface area (Å²) in [6, 6.07) is 6.85. The van der Waals surface area contributed by atoms with Crippen molar-refractivity contribution in [1.82, 2.24) is 4.98 Å². The van der Waals surface area contributed by atoms with Crippen LogP contribution in [-0.2, 0) is 10.2 Å².